The van der Waals surface area contributed by atoms with Crippen molar-refractivity contribution in [3.05, 3.63) is 29.6 Å². The molecule has 1 aromatic heterocycles. The Kier molecular flexibility index (Phi) is 4.54. The van der Waals surface area contributed by atoms with Gasteiger partial charge in [-0.2, -0.15) is 0 Å². The lowest BCUT2D eigenvalue weighted by Crippen LogP contribution is -2.16. The van der Waals surface area contributed by atoms with Crippen LogP contribution in [0.25, 0.3) is 10.9 Å². The van der Waals surface area contributed by atoms with E-state index in [2.05, 4.69) is 10.3 Å². The minimum absolute atomic E-state index is 0.200. The molecule has 1 saturated carbocycles. The lowest BCUT2D eigenvalue weighted by atomic mass is 9.87. The van der Waals surface area contributed by atoms with E-state index in [9.17, 15) is 4.39 Å². The minimum atomic E-state index is -0.200. The van der Waals surface area contributed by atoms with Crippen LogP contribution in [0.5, 0.6) is 5.88 Å². The summed E-state index contributed by atoms with van der Waals surface area (Å²) in [5.74, 6) is 1.30. The van der Waals surface area contributed by atoms with Crippen molar-refractivity contribution in [3.63, 3.8) is 0 Å². The highest BCUT2D eigenvalue weighted by Gasteiger charge is 2.21. The van der Waals surface area contributed by atoms with Crippen molar-refractivity contribution in [2.24, 2.45) is 5.92 Å². The predicted molar refractivity (Wildman–Crippen MR) is 95.2 cm³/mol. The molecular weight excluding hydrogens is 303 g/mol. The van der Waals surface area contributed by atoms with Gasteiger partial charge in [0.05, 0.1) is 23.2 Å². The smallest absolute Gasteiger partial charge is 0.219 e. The maximum absolute atomic E-state index is 14.5. The summed E-state index contributed by atoms with van der Waals surface area (Å²) in [6.45, 7) is 1.59. The van der Waals surface area contributed by atoms with Crippen LogP contribution >= 0.6 is 0 Å². The Hall–Kier alpha value is -1.84. The monoisotopic (exact) mass is 328 g/mol. The first-order valence-electron chi connectivity index (χ1n) is 9.30. The van der Waals surface area contributed by atoms with Gasteiger partial charge in [0.15, 0.2) is 0 Å². The van der Waals surface area contributed by atoms with Crippen LogP contribution in [0.4, 0.5) is 10.1 Å². The van der Waals surface area contributed by atoms with Crippen LogP contribution in [0.2, 0.25) is 0 Å². The zero-order valence-corrected chi connectivity index (χ0v) is 14.1. The number of pyridine rings is 1. The van der Waals surface area contributed by atoms with Gasteiger partial charge in [0, 0.05) is 12.1 Å². The van der Waals surface area contributed by atoms with Gasteiger partial charge < -0.3 is 10.1 Å². The number of hydrogen-bond donors (Lipinski definition) is 1. The quantitative estimate of drug-likeness (QED) is 0.849. The molecule has 4 rings (SSSR count). The Labute approximate surface area is 142 Å². The second-order valence-corrected chi connectivity index (χ2v) is 7.08. The summed E-state index contributed by atoms with van der Waals surface area (Å²) >= 11 is 0. The number of fused-ring (bicyclic) bond motifs is 2. The Balaban J connectivity index is 1.62. The Morgan fingerprint density at radius 2 is 2.04 bits per heavy atom. The summed E-state index contributed by atoms with van der Waals surface area (Å²) in [7, 11) is 0. The van der Waals surface area contributed by atoms with Crippen LogP contribution in [-0.4, -0.2) is 18.1 Å². The van der Waals surface area contributed by atoms with Crippen molar-refractivity contribution < 1.29 is 9.13 Å². The summed E-state index contributed by atoms with van der Waals surface area (Å²) in [6.07, 6.45) is 9.82. The van der Waals surface area contributed by atoms with Crippen molar-refractivity contribution in [2.45, 2.75) is 51.4 Å². The lowest BCUT2D eigenvalue weighted by molar-refractivity contribution is 0.278. The van der Waals surface area contributed by atoms with Gasteiger partial charge in [-0.1, -0.05) is 38.2 Å². The van der Waals surface area contributed by atoms with Crippen molar-refractivity contribution in [2.75, 3.05) is 18.5 Å². The van der Waals surface area contributed by atoms with Crippen LogP contribution in [0.3, 0.4) is 0 Å². The van der Waals surface area contributed by atoms with Crippen molar-refractivity contribution in [1.29, 1.82) is 0 Å². The van der Waals surface area contributed by atoms with Crippen LogP contribution in [0, 0.1) is 11.7 Å². The molecule has 1 aliphatic heterocycles. The summed E-state index contributed by atoms with van der Waals surface area (Å²) in [4.78, 5) is 4.53. The number of nitrogens with zero attached hydrogens (tertiary/aromatic N) is 1. The molecule has 4 heteroatoms. The van der Waals surface area contributed by atoms with E-state index in [1.807, 2.05) is 6.07 Å². The third kappa shape index (κ3) is 3.06. The molecule has 0 atom stereocenters. The highest BCUT2D eigenvalue weighted by atomic mass is 19.1. The molecular formula is C20H25FN2O. The van der Waals surface area contributed by atoms with Crippen molar-refractivity contribution >= 4 is 16.6 Å². The molecule has 2 heterocycles. The van der Waals surface area contributed by atoms with E-state index >= 15 is 0 Å². The van der Waals surface area contributed by atoms with E-state index in [0.29, 0.717) is 23.4 Å². The van der Waals surface area contributed by atoms with E-state index in [4.69, 9.17) is 4.74 Å². The van der Waals surface area contributed by atoms with E-state index in [1.165, 1.54) is 38.2 Å². The zero-order valence-electron chi connectivity index (χ0n) is 14.1. The van der Waals surface area contributed by atoms with Gasteiger partial charge >= 0.3 is 0 Å². The molecule has 24 heavy (non-hydrogen) atoms. The van der Waals surface area contributed by atoms with E-state index in [1.54, 1.807) is 6.07 Å². The first-order chi connectivity index (χ1) is 11.8. The van der Waals surface area contributed by atoms with Gasteiger partial charge in [-0.05, 0) is 37.3 Å². The second kappa shape index (κ2) is 6.96. The van der Waals surface area contributed by atoms with Crippen molar-refractivity contribution in [1.82, 2.24) is 4.98 Å². The molecule has 0 radical (unpaired) electrons. The first kappa shape index (κ1) is 15.7. The number of anilines is 1. The van der Waals surface area contributed by atoms with E-state index in [0.717, 1.165) is 43.0 Å². The average Bonchev–Trinajstić information content (AvgIpc) is 2.62. The third-order valence-electron chi connectivity index (χ3n) is 5.41. The molecule has 1 N–H and O–H groups in total. The van der Waals surface area contributed by atoms with Gasteiger partial charge in [-0.3, -0.25) is 0 Å². The molecule has 1 fully saturated rings. The van der Waals surface area contributed by atoms with E-state index < -0.39 is 0 Å². The highest BCUT2D eigenvalue weighted by molar-refractivity contribution is 5.94. The van der Waals surface area contributed by atoms with Gasteiger partial charge in [0.25, 0.3) is 0 Å². The topological polar surface area (TPSA) is 34.2 Å². The molecule has 0 saturated heterocycles. The normalized spacial score (nSPS) is 18.2. The van der Waals surface area contributed by atoms with E-state index in [-0.39, 0.29) is 5.82 Å². The summed E-state index contributed by atoms with van der Waals surface area (Å²) in [5.41, 5.74) is 2.63. The number of ether oxygens (including phenoxy) is 1. The van der Waals surface area contributed by atoms with Crippen LogP contribution in [0.15, 0.2) is 18.2 Å². The standard InChI is InChI=1S/C20H25FN2O/c21-16-9-4-10-17-18(16)19(15-8-5-13-24-20(15)23-17)22-12-11-14-6-2-1-3-7-14/h4,9-10,14H,1-3,5-8,11-13H2,(H,22,23). The molecule has 1 aromatic carbocycles. The number of nitrogens with one attached hydrogen (secondary N) is 1. The summed E-state index contributed by atoms with van der Waals surface area (Å²) in [6, 6.07) is 5.10. The summed E-state index contributed by atoms with van der Waals surface area (Å²) in [5, 5.41) is 4.16. The second-order valence-electron chi connectivity index (χ2n) is 7.08. The van der Waals surface area contributed by atoms with Gasteiger partial charge in [0.1, 0.15) is 5.82 Å². The largest absolute Gasteiger partial charge is 0.477 e. The number of rotatable bonds is 4. The molecule has 2 aromatic rings. The maximum atomic E-state index is 14.5. The van der Waals surface area contributed by atoms with Gasteiger partial charge in [-0.15, -0.1) is 0 Å². The van der Waals surface area contributed by atoms with Crippen molar-refractivity contribution in [3.8, 4) is 5.88 Å². The minimum Gasteiger partial charge on any atom is -0.477 e. The molecule has 3 nitrogen and oxygen atoms in total. The van der Waals surface area contributed by atoms with Crippen LogP contribution in [0.1, 0.15) is 50.5 Å². The fourth-order valence-electron chi connectivity index (χ4n) is 4.13. The average molecular weight is 328 g/mol. The third-order valence-corrected chi connectivity index (χ3v) is 5.41. The summed E-state index contributed by atoms with van der Waals surface area (Å²) < 4.78 is 20.2. The molecule has 1 aliphatic carbocycles. The number of halogens is 1. The molecule has 0 bridgehead atoms. The first-order valence-corrected chi connectivity index (χ1v) is 9.30. The van der Waals surface area contributed by atoms with Gasteiger partial charge in [0.2, 0.25) is 5.88 Å². The zero-order chi connectivity index (χ0) is 16.4. The fraction of sp³-hybridized carbons (Fsp3) is 0.550. The number of aromatic nitrogens is 1. The highest BCUT2D eigenvalue weighted by Crippen LogP contribution is 2.37. The Bertz CT molecular complexity index is 725. The molecule has 128 valence electrons. The Morgan fingerprint density at radius 1 is 1.17 bits per heavy atom. The molecule has 0 spiro atoms. The Morgan fingerprint density at radius 3 is 2.92 bits per heavy atom. The number of hydrogen-bond acceptors (Lipinski definition) is 3. The number of benzene rings is 1. The predicted octanol–water partition coefficient (Wildman–Crippen LogP) is 5.08. The fourth-order valence-corrected chi connectivity index (χ4v) is 4.13. The lowest BCUT2D eigenvalue weighted by Gasteiger charge is -2.24. The molecule has 0 unspecified atom stereocenters. The van der Waals surface area contributed by atoms with Gasteiger partial charge in [-0.25, -0.2) is 9.37 Å². The maximum Gasteiger partial charge on any atom is 0.219 e. The molecule has 2 aliphatic rings. The van der Waals surface area contributed by atoms with Crippen LogP contribution in [-0.2, 0) is 6.42 Å². The SMILES string of the molecule is Fc1cccc2nc3c(c(NCCC4CCCCC4)c12)CCCO3. The molecule has 0 amide bonds. The van der Waals surface area contributed by atoms with Crippen LogP contribution < -0.4 is 10.1 Å².